The van der Waals surface area contributed by atoms with Gasteiger partial charge in [-0.3, -0.25) is 4.98 Å². The summed E-state index contributed by atoms with van der Waals surface area (Å²) in [6, 6.07) is 1.97. The van der Waals surface area contributed by atoms with E-state index >= 15 is 0 Å². The van der Waals surface area contributed by atoms with Gasteiger partial charge < -0.3 is 9.84 Å². The maximum Gasteiger partial charge on any atom is 0.137 e. The largest absolute Gasteiger partial charge is 0.492 e. The highest BCUT2D eigenvalue weighted by Crippen LogP contribution is 2.42. The Hall–Kier alpha value is -1.09. The third-order valence-electron chi connectivity index (χ3n) is 4.36. The minimum atomic E-state index is -0.726. The molecule has 1 aliphatic carbocycles. The minimum Gasteiger partial charge on any atom is -0.492 e. The molecular formula is C18H29NO2. The van der Waals surface area contributed by atoms with E-state index in [0.29, 0.717) is 18.4 Å². The molecule has 1 fully saturated rings. The normalized spacial score (nSPS) is 26.0. The zero-order valence-electron chi connectivity index (χ0n) is 13.6. The maximum atomic E-state index is 11.1. The summed E-state index contributed by atoms with van der Waals surface area (Å²) in [7, 11) is 0. The van der Waals surface area contributed by atoms with E-state index in [2.05, 4.69) is 25.8 Å². The molecule has 2 rings (SSSR count). The highest BCUT2D eigenvalue weighted by atomic mass is 16.5. The van der Waals surface area contributed by atoms with Crippen molar-refractivity contribution in [2.45, 2.75) is 64.9 Å². The van der Waals surface area contributed by atoms with E-state index in [1.54, 1.807) is 12.4 Å². The monoisotopic (exact) mass is 291 g/mol. The average molecular weight is 291 g/mol. The zero-order valence-corrected chi connectivity index (χ0v) is 13.6. The van der Waals surface area contributed by atoms with Crippen LogP contribution in [-0.2, 0) is 5.60 Å². The predicted molar refractivity (Wildman–Crippen MR) is 85.3 cm³/mol. The van der Waals surface area contributed by atoms with Gasteiger partial charge in [0, 0.05) is 11.8 Å². The molecule has 0 radical (unpaired) electrons. The van der Waals surface area contributed by atoms with Crippen molar-refractivity contribution in [1.29, 1.82) is 0 Å². The first kappa shape index (κ1) is 16.3. The predicted octanol–water partition coefficient (Wildman–Crippen LogP) is 4.29. The average Bonchev–Trinajstić information content (AvgIpc) is 2.45. The molecule has 0 aromatic carbocycles. The van der Waals surface area contributed by atoms with Crippen molar-refractivity contribution in [1.82, 2.24) is 4.98 Å². The number of ether oxygens (including phenoxy) is 1. The topological polar surface area (TPSA) is 42.4 Å². The van der Waals surface area contributed by atoms with Gasteiger partial charge >= 0.3 is 0 Å². The lowest BCUT2D eigenvalue weighted by Crippen LogP contribution is -2.33. The van der Waals surface area contributed by atoms with Crippen LogP contribution in [0.2, 0.25) is 0 Å². The molecule has 0 amide bonds. The molecule has 1 aromatic heterocycles. The molecule has 118 valence electrons. The summed E-state index contributed by atoms with van der Waals surface area (Å²) in [6.07, 6.45) is 9.72. The molecule has 1 saturated carbocycles. The van der Waals surface area contributed by atoms with Crippen molar-refractivity contribution < 1.29 is 9.84 Å². The second kappa shape index (κ2) is 7.26. The van der Waals surface area contributed by atoms with Gasteiger partial charge in [0.25, 0.3) is 0 Å². The van der Waals surface area contributed by atoms with Crippen LogP contribution in [0.1, 0.15) is 64.9 Å². The van der Waals surface area contributed by atoms with Gasteiger partial charge in [-0.1, -0.05) is 27.2 Å². The van der Waals surface area contributed by atoms with Crippen molar-refractivity contribution >= 4 is 0 Å². The second-order valence-electron chi connectivity index (χ2n) is 6.88. The van der Waals surface area contributed by atoms with Gasteiger partial charge in [0.15, 0.2) is 0 Å². The SMILES string of the molecule is CCCOc1cncc(C2(O)CCCC(CC(C)C)C2)c1. The molecule has 0 bridgehead atoms. The Morgan fingerprint density at radius 3 is 2.95 bits per heavy atom. The molecule has 1 aliphatic rings. The zero-order chi connectivity index (χ0) is 15.3. The fourth-order valence-corrected chi connectivity index (χ4v) is 3.47. The van der Waals surface area contributed by atoms with Crippen LogP contribution < -0.4 is 4.74 Å². The summed E-state index contributed by atoms with van der Waals surface area (Å²) in [5.41, 5.74) is 0.195. The summed E-state index contributed by atoms with van der Waals surface area (Å²) in [6.45, 7) is 7.30. The van der Waals surface area contributed by atoms with Crippen molar-refractivity contribution in [3.63, 3.8) is 0 Å². The Morgan fingerprint density at radius 1 is 1.43 bits per heavy atom. The summed E-state index contributed by atoms with van der Waals surface area (Å²) in [5.74, 6) is 2.08. The molecule has 0 aliphatic heterocycles. The Kier molecular flexibility index (Phi) is 5.63. The van der Waals surface area contributed by atoms with Crippen molar-refractivity contribution in [3.8, 4) is 5.75 Å². The van der Waals surface area contributed by atoms with Gasteiger partial charge in [0.2, 0.25) is 0 Å². The van der Waals surface area contributed by atoms with Crippen LogP contribution in [-0.4, -0.2) is 16.7 Å². The quantitative estimate of drug-likeness (QED) is 0.850. The first-order valence-corrected chi connectivity index (χ1v) is 8.34. The van der Waals surface area contributed by atoms with Crippen molar-refractivity contribution in [2.24, 2.45) is 11.8 Å². The fourth-order valence-electron chi connectivity index (χ4n) is 3.47. The molecule has 1 N–H and O–H groups in total. The van der Waals surface area contributed by atoms with E-state index in [1.807, 2.05) is 6.07 Å². The van der Waals surface area contributed by atoms with Crippen LogP contribution in [0.5, 0.6) is 5.75 Å². The lowest BCUT2D eigenvalue weighted by Gasteiger charge is -2.37. The maximum absolute atomic E-state index is 11.1. The summed E-state index contributed by atoms with van der Waals surface area (Å²) < 4.78 is 5.65. The summed E-state index contributed by atoms with van der Waals surface area (Å²) in [4.78, 5) is 4.26. The van der Waals surface area contributed by atoms with Gasteiger partial charge in [-0.15, -0.1) is 0 Å². The molecular weight excluding hydrogens is 262 g/mol. The third kappa shape index (κ3) is 4.44. The molecule has 1 heterocycles. The highest BCUT2D eigenvalue weighted by Gasteiger charge is 2.36. The van der Waals surface area contributed by atoms with Crippen molar-refractivity contribution in [3.05, 3.63) is 24.0 Å². The van der Waals surface area contributed by atoms with Gasteiger partial charge in [-0.25, -0.2) is 0 Å². The van der Waals surface area contributed by atoms with Crippen LogP contribution in [0.15, 0.2) is 18.5 Å². The molecule has 2 atom stereocenters. The van der Waals surface area contributed by atoms with Gasteiger partial charge in [-0.05, 0) is 50.0 Å². The summed E-state index contributed by atoms with van der Waals surface area (Å²) >= 11 is 0. The Morgan fingerprint density at radius 2 is 2.24 bits per heavy atom. The molecule has 1 aromatic rings. The number of aromatic nitrogens is 1. The first-order chi connectivity index (χ1) is 10.0. The van der Waals surface area contributed by atoms with E-state index in [4.69, 9.17) is 4.74 Å². The van der Waals surface area contributed by atoms with E-state index < -0.39 is 5.60 Å². The van der Waals surface area contributed by atoms with Crippen LogP contribution in [0.4, 0.5) is 0 Å². The Balaban J connectivity index is 2.11. The number of hydrogen-bond acceptors (Lipinski definition) is 3. The number of pyridine rings is 1. The van der Waals surface area contributed by atoms with E-state index in [1.165, 1.54) is 12.8 Å². The highest BCUT2D eigenvalue weighted by molar-refractivity contribution is 5.28. The van der Waals surface area contributed by atoms with Gasteiger partial charge in [0.05, 0.1) is 18.4 Å². The first-order valence-electron chi connectivity index (χ1n) is 8.34. The number of nitrogens with zero attached hydrogens (tertiary/aromatic N) is 1. The lowest BCUT2D eigenvalue weighted by atomic mass is 9.72. The molecule has 2 unspecified atom stereocenters. The fraction of sp³-hybridized carbons (Fsp3) is 0.722. The van der Waals surface area contributed by atoms with E-state index in [-0.39, 0.29) is 0 Å². The number of rotatable bonds is 6. The van der Waals surface area contributed by atoms with Gasteiger partial charge in [0.1, 0.15) is 5.75 Å². The lowest BCUT2D eigenvalue weighted by molar-refractivity contribution is -0.0249. The summed E-state index contributed by atoms with van der Waals surface area (Å²) in [5, 5.41) is 11.1. The van der Waals surface area contributed by atoms with Crippen molar-refractivity contribution in [2.75, 3.05) is 6.61 Å². The van der Waals surface area contributed by atoms with Crippen LogP contribution in [0.3, 0.4) is 0 Å². The second-order valence-corrected chi connectivity index (χ2v) is 6.88. The molecule has 3 nitrogen and oxygen atoms in total. The Bertz CT molecular complexity index is 447. The van der Waals surface area contributed by atoms with Crippen LogP contribution >= 0.6 is 0 Å². The standard InChI is InChI=1S/C18H29NO2/c1-4-8-21-17-10-16(12-19-13-17)18(20)7-5-6-15(11-18)9-14(2)3/h10,12-15,20H,4-9,11H2,1-3H3. The number of aliphatic hydroxyl groups is 1. The molecule has 0 saturated heterocycles. The third-order valence-corrected chi connectivity index (χ3v) is 4.36. The van der Waals surface area contributed by atoms with Crippen LogP contribution in [0.25, 0.3) is 0 Å². The van der Waals surface area contributed by atoms with E-state index in [0.717, 1.165) is 37.0 Å². The van der Waals surface area contributed by atoms with Crippen LogP contribution in [0, 0.1) is 11.8 Å². The Labute approximate surface area is 128 Å². The van der Waals surface area contributed by atoms with E-state index in [9.17, 15) is 5.11 Å². The number of hydrogen-bond donors (Lipinski definition) is 1. The molecule has 3 heteroatoms. The smallest absolute Gasteiger partial charge is 0.137 e. The van der Waals surface area contributed by atoms with Gasteiger partial charge in [-0.2, -0.15) is 0 Å². The molecule has 0 spiro atoms. The minimum absolute atomic E-state index is 0.615. The molecule has 21 heavy (non-hydrogen) atoms.